The number of guanidine groups is 1. The van der Waals surface area contributed by atoms with Crippen molar-refractivity contribution in [1.29, 1.82) is 0 Å². The van der Waals surface area contributed by atoms with Crippen LogP contribution in [0.5, 0.6) is 0 Å². The van der Waals surface area contributed by atoms with E-state index in [0.717, 1.165) is 51.1 Å². The van der Waals surface area contributed by atoms with Crippen LogP contribution in [0.3, 0.4) is 0 Å². The molecule has 0 saturated carbocycles. The molecule has 0 atom stereocenters. The van der Waals surface area contributed by atoms with Gasteiger partial charge >= 0.3 is 0 Å². The number of hydrogen-bond acceptors (Lipinski definition) is 4. The zero-order chi connectivity index (χ0) is 21.9. The molecule has 1 aliphatic heterocycles. The third kappa shape index (κ3) is 8.02. The molecular weight excluding hydrogens is 388 g/mol. The number of carbonyl (C=O) groups is 1. The summed E-state index contributed by atoms with van der Waals surface area (Å²) in [5.74, 6) is 0.712. The third-order valence-electron chi connectivity index (χ3n) is 5.46. The number of carbonyl (C=O) groups excluding carboxylic acids is 1. The van der Waals surface area contributed by atoms with Crippen molar-refractivity contribution in [3.8, 4) is 0 Å². The number of piperidine rings is 1. The molecule has 1 aliphatic rings. The predicted molar refractivity (Wildman–Crippen MR) is 125 cm³/mol. The van der Waals surface area contributed by atoms with Crippen molar-refractivity contribution >= 4 is 11.9 Å². The molecule has 2 N–H and O–H groups in total. The van der Waals surface area contributed by atoms with E-state index in [0.29, 0.717) is 12.0 Å². The Morgan fingerprint density at radius 2 is 1.87 bits per heavy atom. The van der Waals surface area contributed by atoms with Crippen LogP contribution in [0.25, 0.3) is 0 Å². The van der Waals surface area contributed by atoms with Crippen molar-refractivity contribution in [2.45, 2.75) is 31.8 Å². The first-order chi connectivity index (χ1) is 15.1. The van der Waals surface area contributed by atoms with E-state index >= 15 is 0 Å². The molecule has 0 spiro atoms. The van der Waals surface area contributed by atoms with E-state index in [9.17, 15) is 4.79 Å². The summed E-state index contributed by atoms with van der Waals surface area (Å²) in [6, 6.07) is 16.8. The molecule has 0 unspecified atom stereocenters. The first-order valence-corrected chi connectivity index (χ1v) is 11.0. The topological polar surface area (TPSA) is 72.9 Å². The third-order valence-corrected chi connectivity index (χ3v) is 5.46. The number of likely N-dealkylation sites (N-methyl/N-ethyl adjacent to an activating group) is 1. The van der Waals surface area contributed by atoms with Crippen molar-refractivity contribution in [2.24, 2.45) is 4.99 Å². The molecule has 1 fully saturated rings. The lowest BCUT2D eigenvalue weighted by atomic mass is 10.0. The summed E-state index contributed by atoms with van der Waals surface area (Å²) in [4.78, 5) is 25.0. The number of nitrogens with zero attached hydrogens (tertiary/aromatic N) is 4. The van der Waals surface area contributed by atoms with Gasteiger partial charge in [0.05, 0.1) is 5.69 Å². The Bertz CT molecular complexity index is 816. The Morgan fingerprint density at radius 1 is 1.13 bits per heavy atom. The van der Waals surface area contributed by atoms with Gasteiger partial charge in [-0.3, -0.25) is 14.7 Å². The number of likely N-dealkylation sites (tertiary alicyclic amines) is 1. The van der Waals surface area contributed by atoms with Gasteiger partial charge in [-0.15, -0.1) is 0 Å². The second-order valence-corrected chi connectivity index (χ2v) is 8.13. The second kappa shape index (κ2) is 12.1. The van der Waals surface area contributed by atoms with E-state index < -0.39 is 0 Å². The molecule has 1 amide bonds. The van der Waals surface area contributed by atoms with Crippen LogP contribution in [0.15, 0.2) is 59.7 Å². The molecular formula is C24H34N6O. The zero-order valence-corrected chi connectivity index (χ0v) is 18.6. The summed E-state index contributed by atoms with van der Waals surface area (Å²) < 4.78 is 0. The zero-order valence-electron chi connectivity index (χ0n) is 18.6. The second-order valence-electron chi connectivity index (χ2n) is 8.13. The fourth-order valence-electron chi connectivity index (χ4n) is 3.56. The largest absolute Gasteiger partial charge is 0.356 e. The molecule has 166 valence electrons. The van der Waals surface area contributed by atoms with Gasteiger partial charge in [0.25, 0.3) is 0 Å². The first kappa shape index (κ1) is 22.7. The molecule has 1 saturated heterocycles. The maximum Gasteiger partial charge on any atom is 0.243 e. The number of rotatable bonds is 8. The van der Waals surface area contributed by atoms with E-state index in [-0.39, 0.29) is 12.5 Å². The van der Waals surface area contributed by atoms with E-state index in [1.165, 1.54) is 5.56 Å². The van der Waals surface area contributed by atoms with Crippen LogP contribution in [0.1, 0.15) is 24.1 Å². The maximum absolute atomic E-state index is 12.0. The Morgan fingerprint density at radius 3 is 2.55 bits per heavy atom. The molecule has 7 nitrogen and oxygen atoms in total. The van der Waals surface area contributed by atoms with Crippen LogP contribution < -0.4 is 10.6 Å². The standard InChI is InChI=1S/C24H34N6O/c1-29(2)23(31)18-27-24(26-15-11-20-8-4-3-5-9-20)28-21-12-16-30(17-13-21)19-22-10-6-7-14-25-22/h3-10,14,21H,11-13,15-19H2,1-2H3,(H2,26,27,28). The van der Waals surface area contributed by atoms with Gasteiger partial charge in [-0.2, -0.15) is 0 Å². The molecule has 0 radical (unpaired) electrons. The molecule has 0 bridgehead atoms. The van der Waals surface area contributed by atoms with Crippen LogP contribution in [-0.4, -0.2) is 73.0 Å². The summed E-state index contributed by atoms with van der Waals surface area (Å²) >= 11 is 0. The van der Waals surface area contributed by atoms with E-state index in [4.69, 9.17) is 0 Å². The Hall–Kier alpha value is -2.93. The van der Waals surface area contributed by atoms with Gasteiger partial charge in [-0.25, -0.2) is 4.99 Å². The van der Waals surface area contributed by atoms with Crippen molar-refractivity contribution < 1.29 is 4.79 Å². The lowest BCUT2D eigenvalue weighted by molar-refractivity contribution is -0.127. The van der Waals surface area contributed by atoms with Gasteiger partial charge in [-0.1, -0.05) is 36.4 Å². The highest BCUT2D eigenvalue weighted by atomic mass is 16.2. The normalized spacial score (nSPS) is 15.5. The maximum atomic E-state index is 12.0. The molecule has 1 aromatic heterocycles. The van der Waals surface area contributed by atoms with Crippen molar-refractivity contribution in [3.63, 3.8) is 0 Å². The summed E-state index contributed by atoms with van der Waals surface area (Å²) in [5, 5.41) is 6.95. The number of pyridine rings is 1. The number of hydrogen-bond donors (Lipinski definition) is 2. The van der Waals surface area contributed by atoms with Gasteiger partial charge < -0.3 is 15.5 Å². The molecule has 2 aromatic rings. The highest BCUT2D eigenvalue weighted by Crippen LogP contribution is 2.13. The van der Waals surface area contributed by atoms with Crippen LogP contribution >= 0.6 is 0 Å². The Labute approximate surface area is 185 Å². The van der Waals surface area contributed by atoms with Crippen LogP contribution in [0, 0.1) is 0 Å². The lowest BCUT2D eigenvalue weighted by Crippen LogP contribution is -2.49. The highest BCUT2D eigenvalue weighted by Gasteiger charge is 2.20. The van der Waals surface area contributed by atoms with Crippen LogP contribution in [0.4, 0.5) is 0 Å². The van der Waals surface area contributed by atoms with Gasteiger partial charge in [0.1, 0.15) is 6.54 Å². The predicted octanol–water partition coefficient (Wildman–Crippen LogP) is 1.91. The average molecular weight is 423 g/mol. The summed E-state index contributed by atoms with van der Waals surface area (Å²) in [6.45, 7) is 3.84. The van der Waals surface area contributed by atoms with Crippen LogP contribution in [-0.2, 0) is 17.8 Å². The lowest BCUT2D eigenvalue weighted by Gasteiger charge is -2.33. The smallest absolute Gasteiger partial charge is 0.243 e. The minimum Gasteiger partial charge on any atom is -0.356 e. The number of nitrogens with one attached hydrogen (secondary N) is 2. The van der Waals surface area contributed by atoms with Crippen molar-refractivity contribution in [2.75, 3.05) is 40.3 Å². The highest BCUT2D eigenvalue weighted by molar-refractivity contribution is 5.84. The molecule has 2 heterocycles. The number of benzene rings is 1. The average Bonchev–Trinajstić information content (AvgIpc) is 2.79. The quantitative estimate of drug-likeness (QED) is 0.502. The minimum atomic E-state index is -0.00524. The van der Waals surface area contributed by atoms with Gasteiger partial charge in [0, 0.05) is 52.5 Å². The SMILES string of the molecule is CN(C)C(=O)CN=C(NCCc1ccccc1)NC1CCN(Cc2ccccn2)CC1. The molecule has 31 heavy (non-hydrogen) atoms. The fraction of sp³-hybridized carbons (Fsp3) is 0.458. The van der Waals surface area contributed by atoms with Crippen molar-refractivity contribution in [3.05, 3.63) is 66.0 Å². The Kier molecular flexibility index (Phi) is 8.84. The molecule has 7 heteroatoms. The number of aromatic nitrogens is 1. The van der Waals surface area contributed by atoms with Gasteiger partial charge in [-0.05, 0) is 37.0 Å². The van der Waals surface area contributed by atoms with Crippen LogP contribution in [0.2, 0.25) is 0 Å². The fourth-order valence-corrected chi connectivity index (χ4v) is 3.56. The van der Waals surface area contributed by atoms with Crippen molar-refractivity contribution in [1.82, 2.24) is 25.4 Å². The summed E-state index contributed by atoms with van der Waals surface area (Å²) in [7, 11) is 3.51. The molecule has 1 aromatic carbocycles. The monoisotopic (exact) mass is 422 g/mol. The Balaban J connectivity index is 1.50. The van der Waals surface area contributed by atoms with E-state index in [1.807, 2.05) is 24.4 Å². The van der Waals surface area contributed by atoms with Gasteiger partial charge in [0.2, 0.25) is 5.91 Å². The number of aliphatic imine (C=N–C) groups is 1. The summed E-state index contributed by atoms with van der Waals surface area (Å²) in [5.41, 5.74) is 2.39. The molecule has 3 rings (SSSR count). The first-order valence-electron chi connectivity index (χ1n) is 11.0. The van der Waals surface area contributed by atoms with E-state index in [2.05, 4.69) is 55.8 Å². The summed E-state index contributed by atoms with van der Waals surface area (Å²) in [6.07, 6.45) is 4.83. The minimum absolute atomic E-state index is 0.00524. The number of amides is 1. The van der Waals surface area contributed by atoms with E-state index in [1.54, 1.807) is 19.0 Å². The van der Waals surface area contributed by atoms with Gasteiger partial charge in [0.15, 0.2) is 5.96 Å². The molecule has 0 aliphatic carbocycles.